The van der Waals surface area contributed by atoms with Crippen molar-refractivity contribution in [2.45, 2.75) is 51.5 Å². The number of piperazine rings is 1. The standard InChI is InChI=1S/C28H39N5O3S/c1-20(2)35-24-11-7-12-25(36-21(3)4)27(24)31-26(34)19-33-16-14-32(15-17-33)13-8-18-37-28-29-22-9-5-6-10-23(22)30-28/h5-7,9-12,20-21H,8,13-19H2,1-4H3,(H,29,30)(H,31,34). The lowest BCUT2D eigenvalue weighted by atomic mass is 10.2. The average Bonchev–Trinajstić information content (AvgIpc) is 3.27. The summed E-state index contributed by atoms with van der Waals surface area (Å²) in [6.45, 7) is 13.0. The number of rotatable bonds is 12. The Bertz CT molecular complexity index is 1100. The van der Waals surface area contributed by atoms with E-state index >= 15 is 0 Å². The van der Waals surface area contributed by atoms with Gasteiger partial charge < -0.3 is 24.7 Å². The van der Waals surface area contributed by atoms with Crippen LogP contribution >= 0.6 is 11.8 Å². The minimum absolute atomic E-state index is 0.00450. The van der Waals surface area contributed by atoms with Crippen LogP contribution in [-0.2, 0) is 4.79 Å². The molecule has 0 aliphatic carbocycles. The Morgan fingerprint density at radius 3 is 2.27 bits per heavy atom. The van der Waals surface area contributed by atoms with Gasteiger partial charge in [0, 0.05) is 31.9 Å². The van der Waals surface area contributed by atoms with Gasteiger partial charge in [0.2, 0.25) is 5.91 Å². The number of hydrogen-bond donors (Lipinski definition) is 2. The molecule has 0 saturated carbocycles. The number of aromatic amines is 1. The quantitative estimate of drug-likeness (QED) is 0.258. The number of ether oxygens (including phenoxy) is 2. The van der Waals surface area contributed by atoms with E-state index in [0.717, 1.165) is 61.1 Å². The zero-order chi connectivity index (χ0) is 26.2. The van der Waals surface area contributed by atoms with Crippen molar-refractivity contribution in [1.82, 2.24) is 19.8 Å². The summed E-state index contributed by atoms with van der Waals surface area (Å²) in [7, 11) is 0. The summed E-state index contributed by atoms with van der Waals surface area (Å²) < 4.78 is 11.9. The zero-order valence-electron chi connectivity index (χ0n) is 22.3. The van der Waals surface area contributed by atoms with Gasteiger partial charge in [-0.3, -0.25) is 9.69 Å². The molecule has 200 valence electrons. The molecule has 4 rings (SSSR count). The number of hydrogen-bond acceptors (Lipinski definition) is 7. The van der Waals surface area contributed by atoms with Crippen molar-refractivity contribution in [2.75, 3.05) is 50.3 Å². The first-order valence-corrected chi connectivity index (χ1v) is 14.1. The van der Waals surface area contributed by atoms with E-state index in [1.807, 2.05) is 64.1 Å². The molecular weight excluding hydrogens is 486 g/mol. The molecule has 0 bridgehead atoms. The number of aromatic nitrogens is 2. The maximum Gasteiger partial charge on any atom is 0.238 e. The monoisotopic (exact) mass is 525 g/mol. The Hall–Kier alpha value is -2.75. The highest BCUT2D eigenvalue weighted by Gasteiger charge is 2.21. The van der Waals surface area contributed by atoms with Crippen LogP contribution in [0.3, 0.4) is 0 Å². The van der Waals surface area contributed by atoms with Crippen LogP contribution in [0.15, 0.2) is 47.6 Å². The lowest BCUT2D eigenvalue weighted by molar-refractivity contribution is -0.117. The van der Waals surface area contributed by atoms with Crippen LogP contribution in [0, 0.1) is 0 Å². The first-order chi connectivity index (χ1) is 17.9. The number of amides is 1. The molecule has 2 aromatic carbocycles. The van der Waals surface area contributed by atoms with Crippen molar-refractivity contribution in [3.63, 3.8) is 0 Å². The lowest BCUT2D eigenvalue weighted by Crippen LogP contribution is -2.48. The molecule has 1 aliphatic heterocycles. The molecule has 0 spiro atoms. The lowest BCUT2D eigenvalue weighted by Gasteiger charge is -2.34. The SMILES string of the molecule is CC(C)Oc1cccc(OC(C)C)c1NC(=O)CN1CCN(CCCSc2nc3ccccc3[nH]2)CC1. The third-order valence-corrected chi connectivity index (χ3v) is 6.99. The molecule has 37 heavy (non-hydrogen) atoms. The van der Waals surface area contributed by atoms with E-state index in [1.165, 1.54) is 0 Å². The van der Waals surface area contributed by atoms with Crippen LogP contribution in [0.5, 0.6) is 11.5 Å². The number of anilines is 1. The third-order valence-electron chi connectivity index (χ3n) is 6.03. The van der Waals surface area contributed by atoms with Crippen molar-refractivity contribution in [3.8, 4) is 11.5 Å². The maximum atomic E-state index is 13.0. The highest BCUT2D eigenvalue weighted by molar-refractivity contribution is 7.99. The van der Waals surface area contributed by atoms with Crippen molar-refractivity contribution in [3.05, 3.63) is 42.5 Å². The molecular formula is C28H39N5O3S. The Morgan fingerprint density at radius 2 is 1.62 bits per heavy atom. The van der Waals surface area contributed by atoms with Gasteiger partial charge in [-0.25, -0.2) is 4.98 Å². The van der Waals surface area contributed by atoms with Crippen molar-refractivity contribution in [1.29, 1.82) is 0 Å². The number of imidazole rings is 1. The highest BCUT2D eigenvalue weighted by atomic mass is 32.2. The molecule has 0 atom stereocenters. The fourth-order valence-corrected chi connectivity index (χ4v) is 5.16. The summed E-state index contributed by atoms with van der Waals surface area (Å²) in [5.74, 6) is 2.24. The minimum atomic E-state index is -0.0518. The molecule has 9 heteroatoms. The summed E-state index contributed by atoms with van der Waals surface area (Å²) in [6.07, 6.45) is 1.10. The van der Waals surface area contributed by atoms with Crippen LogP contribution in [-0.4, -0.2) is 82.9 Å². The summed E-state index contributed by atoms with van der Waals surface area (Å²) in [6, 6.07) is 13.8. The molecule has 1 saturated heterocycles. The minimum Gasteiger partial charge on any atom is -0.489 e. The molecule has 2 heterocycles. The van der Waals surface area contributed by atoms with E-state index in [-0.39, 0.29) is 18.1 Å². The average molecular weight is 526 g/mol. The van der Waals surface area contributed by atoms with Crippen LogP contribution in [0.1, 0.15) is 34.1 Å². The molecule has 2 N–H and O–H groups in total. The maximum absolute atomic E-state index is 13.0. The van der Waals surface area contributed by atoms with E-state index < -0.39 is 0 Å². The highest BCUT2D eigenvalue weighted by Crippen LogP contribution is 2.36. The van der Waals surface area contributed by atoms with Gasteiger partial charge in [0.15, 0.2) is 5.16 Å². The molecule has 0 unspecified atom stereocenters. The molecule has 1 amide bonds. The molecule has 1 aliphatic rings. The summed E-state index contributed by atoms with van der Waals surface area (Å²) >= 11 is 1.78. The number of benzene rings is 2. The van der Waals surface area contributed by atoms with Gasteiger partial charge in [-0.15, -0.1) is 0 Å². The Morgan fingerprint density at radius 1 is 0.973 bits per heavy atom. The van der Waals surface area contributed by atoms with Gasteiger partial charge >= 0.3 is 0 Å². The topological polar surface area (TPSA) is 82.7 Å². The number of thioether (sulfide) groups is 1. The van der Waals surface area contributed by atoms with Gasteiger partial charge in [-0.1, -0.05) is 30.0 Å². The van der Waals surface area contributed by atoms with Crippen molar-refractivity contribution in [2.24, 2.45) is 0 Å². The van der Waals surface area contributed by atoms with Crippen LogP contribution in [0.25, 0.3) is 11.0 Å². The number of carbonyl (C=O) groups excluding carboxylic acids is 1. The van der Waals surface area contributed by atoms with E-state index in [0.29, 0.717) is 23.7 Å². The molecule has 0 radical (unpaired) electrons. The first-order valence-electron chi connectivity index (χ1n) is 13.2. The third kappa shape index (κ3) is 8.12. The second-order valence-corrected chi connectivity index (χ2v) is 11.0. The number of H-pyrrole nitrogens is 1. The fourth-order valence-electron chi connectivity index (χ4n) is 4.35. The second-order valence-electron chi connectivity index (χ2n) is 9.89. The first kappa shape index (κ1) is 27.3. The van der Waals surface area contributed by atoms with Crippen molar-refractivity contribution < 1.29 is 14.3 Å². The van der Waals surface area contributed by atoms with E-state index in [9.17, 15) is 4.79 Å². The Balaban J connectivity index is 1.20. The zero-order valence-corrected chi connectivity index (χ0v) is 23.1. The van der Waals surface area contributed by atoms with E-state index in [4.69, 9.17) is 9.47 Å². The van der Waals surface area contributed by atoms with Gasteiger partial charge in [0.25, 0.3) is 0 Å². The Kier molecular flexibility index (Phi) is 9.71. The second kappa shape index (κ2) is 13.2. The predicted octanol–water partition coefficient (Wildman–Crippen LogP) is 4.88. The fraction of sp³-hybridized carbons (Fsp3) is 0.500. The number of nitrogens with one attached hydrogen (secondary N) is 2. The van der Waals surface area contributed by atoms with E-state index in [2.05, 4.69) is 31.2 Å². The number of nitrogens with zero attached hydrogens (tertiary/aromatic N) is 3. The summed E-state index contributed by atoms with van der Waals surface area (Å²) in [5, 5.41) is 4.05. The predicted molar refractivity (Wildman–Crippen MR) is 151 cm³/mol. The number of para-hydroxylation sites is 3. The smallest absolute Gasteiger partial charge is 0.238 e. The Labute approximate surface area is 224 Å². The molecule has 1 fully saturated rings. The van der Waals surface area contributed by atoms with Gasteiger partial charge in [-0.2, -0.15) is 0 Å². The van der Waals surface area contributed by atoms with Gasteiger partial charge in [-0.05, 0) is 64.9 Å². The molecule has 3 aromatic rings. The number of fused-ring (bicyclic) bond motifs is 1. The van der Waals surface area contributed by atoms with E-state index in [1.54, 1.807) is 11.8 Å². The normalized spacial score (nSPS) is 15.0. The van der Waals surface area contributed by atoms with Crippen LogP contribution < -0.4 is 14.8 Å². The number of carbonyl (C=O) groups is 1. The molecule has 8 nitrogen and oxygen atoms in total. The largest absolute Gasteiger partial charge is 0.489 e. The van der Waals surface area contributed by atoms with Gasteiger partial charge in [0.05, 0.1) is 29.8 Å². The summed E-state index contributed by atoms with van der Waals surface area (Å²) in [5.41, 5.74) is 2.71. The van der Waals surface area contributed by atoms with Crippen molar-refractivity contribution >= 4 is 34.4 Å². The van der Waals surface area contributed by atoms with Crippen LogP contribution in [0.4, 0.5) is 5.69 Å². The molecule has 1 aromatic heterocycles. The van der Waals surface area contributed by atoms with Crippen LogP contribution in [0.2, 0.25) is 0 Å². The summed E-state index contributed by atoms with van der Waals surface area (Å²) in [4.78, 5) is 25.7. The van der Waals surface area contributed by atoms with Gasteiger partial charge in [0.1, 0.15) is 17.2 Å².